The van der Waals surface area contributed by atoms with Crippen LogP contribution in [0.25, 0.3) is 21.8 Å². The number of anilines is 1. The largest absolute Gasteiger partial charge is 0.479 e. The summed E-state index contributed by atoms with van der Waals surface area (Å²) in [5.74, 6) is -0.0431. The number of fused-ring (bicyclic) bond motifs is 1. The second-order valence-electron chi connectivity index (χ2n) is 8.93. The van der Waals surface area contributed by atoms with Gasteiger partial charge in [-0.25, -0.2) is 9.78 Å². The standard InChI is InChI=1S/C27H28N2O4S/c1-17(27(31)33-21-11-7-4-8-12-21)29-23-15-20(13-14-24(23)32-18(2)26(29)30)22-16-34-25(28-22)19-9-5-3-6-10-19/h3,5-6,9-10,13-18,21H,4,7-8,11-12H2,1-2H3. The van der Waals surface area contributed by atoms with Gasteiger partial charge in [0.25, 0.3) is 5.91 Å². The Bertz CT molecular complexity index is 1190. The van der Waals surface area contributed by atoms with Crippen LogP contribution in [0, 0.1) is 0 Å². The van der Waals surface area contributed by atoms with E-state index in [1.165, 1.54) is 11.3 Å². The fourth-order valence-corrected chi connectivity index (χ4v) is 5.43. The quantitative estimate of drug-likeness (QED) is 0.432. The summed E-state index contributed by atoms with van der Waals surface area (Å²) >= 11 is 1.57. The van der Waals surface area contributed by atoms with Gasteiger partial charge in [0.1, 0.15) is 22.9 Å². The van der Waals surface area contributed by atoms with Crippen LogP contribution in [-0.2, 0) is 14.3 Å². The Kier molecular flexibility index (Phi) is 6.37. The van der Waals surface area contributed by atoms with E-state index in [9.17, 15) is 9.59 Å². The Labute approximate surface area is 203 Å². The molecule has 6 nitrogen and oxygen atoms in total. The number of thiazole rings is 1. The first-order valence-corrected chi connectivity index (χ1v) is 12.7. The van der Waals surface area contributed by atoms with Crippen LogP contribution in [0.15, 0.2) is 53.9 Å². The second-order valence-corrected chi connectivity index (χ2v) is 9.79. The molecule has 0 bridgehead atoms. The summed E-state index contributed by atoms with van der Waals surface area (Å²) in [6.45, 7) is 3.44. The molecule has 2 unspecified atom stereocenters. The van der Waals surface area contributed by atoms with Crippen molar-refractivity contribution in [3.8, 4) is 27.6 Å². The SMILES string of the molecule is CC1Oc2ccc(-c3csc(-c4ccccc4)n3)cc2N(C(C)C(=O)OC2CCCCC2)C1=O. The molecule has 7 heteroatoms. The predicted octanol–water partition coefficient (Wildman–Crippen LogP) is 5.86. The van der Waals surface area contributed by atoms with Gasteiger partial charge in [-0.05, 0) is 57.7 Å². The molecule has 1 amide bonds. The van der Waals surface area contributed by atoms with Crippen molar-refractivity contribution < 1.29 is 19.1 Å². The Hall–Kier alpha value is -3.19. The van der Waals surface area contributed by atoms with E-state index in [4.69, 9.17) is 14.5 Å². The van der Waals surface area contributed by atoms with Gasteiger partial charge in [-0.1, -0.05) is 36.8 Å². The van der Waals surface area contributed by atoms with E-state index in [0.717, 1.165) is 47.5 Å². The van der Waals surface area contributed by atoms with Crippen LogP contribution in [0.1, 0.15) is 46.0 Å². The minimum atomic E-state index is -0.745. The number of benzene rings is 2. The lowest BCUT2D eigenvalue weighted by Gasteiger charge is -2.36. The van der Waals surface area contributed by atoms with Crippen LogP contribution >= 0.6 is 11.3 Å². The molecule has 2 aliphatic rings. The zero-order chi connectivity index (χ0) is 23.7. The number of nitrogens with zero attached hydrogens (tertiary/aromatic N) is 2. The van der Waals surface area contributed by atoms with Crippen molar-refractivity contribution in [2.75, 3.05) is 4.90 Å². The number of ether oxygens (including phenoxy) is 2. The Morgan fingerprint density at radius 3 is 2.65 bits per heavy atom. The fraction of sp³-hybridized carbons (Fsp3) is 0.370. The van der Waals surface area contributed by atoms with Crippen LogP contribution in [-0.4, -0.2) is 35.1 Å². The summed E-state index contributed by atoms with van der Waals surface area (Å²) in [6.07, 6.45) is 4.37. The third kappa shape index (κ3) is 4.44. The van der Waals surface area contributed by atoms with E-state index in [2.05, 4.69) is 0 Å². The van der Waals surface area contributed by atoms with Crippen molar-refractivity contribution in [2.45, 2.75) is 64.2 Å². The molecular weight excluding hydrogens is 448 g/mol. The lowest BCUT2D eigenvalue weighted by Crippen LogP contribution is -2.52. The zero-order valence-electron chi connectivity index (χ0n) is 19.4. The topological polar surface area (TPSA) is 68.7 Å². The van der Waals surface area contributed by atoms with E-state index in [1.807, 2.05) is 53.9 Å². The molecule has 0 saturated heterocycles. The Balaban J connectivity index is 1.44. The summed E-state index contributed by atoms with van der Waals surface area (Å²) in [6, 6.07) is 15.0. The first-order valence-electron chi connectivity index (χ1n) is 11.9. The highest BCUT2D eigenvalue weighted by molar-refractivity contribution is 7.13. The van der Waals surface area contributed by atoms with Gasteiger partial charge in [-0.3, -0.25) is 9.69 Å². The molecule has 3 aromatic rings. The van der Waals surface area contributed by atoms with Crippen LogP contribution in [0.3, 0.4) is 0 Å². The molecule has 1 aliphatic heterocycles. The molecule has 34 heavy (non-hydrogen) atoms. The summed E-state index contributed by atoms with van der Waals surface area (Å²) in [4.78, 5) is 32.5. The fourth-order valence-electron chi connectivity index (χ4n) is 4.59. The Morgan fingerprint density at radius 2 is 1.88 bits per heavy atom. The summed E-state index contributed by atoms with van der Waals surface area (Å²) < 4.78 is 11.6. The van der Waals surface area contributed by atoms with Crippen molar-refractivity contribution >= 4 is 28.9 Å². The number of rotatable bonds is 5. The molecule has 2 heterocycles. The number of hydrogen-bond donors (Lipinski definition) is 0. The maximum absolute atomic E-state index is 13.1. The minimum Gasteiger partial charge on any atom is -0.479 e. The van der Waals surface area contributed by atoms with E-state index >= 15 is 0 Å². The molecule has 176 valence electrons. The highest BCUT2D eigenvalue weighted by Gasteiger charge is 2.38. The molecule has 2 atom stereocenters. The lowest BCUT2D eigenvalue weighted by molar-refractivity contribution is -0.153. The molecule has 0 spiro atoms. The van der Waals surface area contributed by atoms with Crippen molar-refractivity contribution in [2.24, 2.45) is 0 Å². The smallest absolute Gasteiger partial charge is 0.329 e. The lowest BCUT2D eigenvalue weighted by atomic mass is 9.98. The number of esters is 1. The number of carbonyl (C=O) groups excluding carboxylic acids is 2. The first-order chi connectivity index (χ1) is 16.5. The van der Waals surface area contributed by atoms with Gasteiger partial charge in [0.05, 0.1) is 11.4 Å². The normalized spacial score (nSPS) is 19.3. The number of amides is 1. The molecule has 2 aromatic carbocycles. The average molecular weight is 477 g/mol. The number of hydrogen-bond acceptors (Lipinski definition) is 6. The van der Waals surface area contributed by atoms with Gasteiger partial charge in [0.2, 0.25) is 0 Å². The van der Waals surface area contributed by atoms with Crippen LogP contribution in [0.4, 0.5) is 5.69 Å². The molecule has 0 radical (unpaired) electrons. The number of carbonyl (C=O) groups is 2. The second kappa shape index (κ2) is 9.58. The van der Waals surface area contributed by atoms with Gasteiger partial charge in [0, 0.05) is 16.5 Å². The van der Waals surface area contributed by atoms with Gasteiger partial charge in [-0.15, -0.1) is 11.3 Å². The molecule has 1 fully saturated rings. The summed E-state index contributed by atoms with van der Waals surface area (Å²) in [5, 5.41) is 2.93. The van der Waals surface area contributed by atoms with Crippen molar-refractivity contribution in [3.05, 3.63) is 53.9 Å². The van der Waals surface area contributed by atoms with Gasteiger partial charge in [-0.2, -0.15) is 0 Å². The third-order valence-corrected chi connectivity index (χ3v) is 7.38. The summed E-state index contributed by atoms with van der Waals surface area (Å²) in [5.41, 5.74) is 3.31. The van der Waals surface area contributed by atoms with Crippen molar-refractivity contribution in [1.29, 1.82) is 0 Å². The van der Waals surface area contributed by atoms with Gasteiger partial charge in [0.15, 0.2) is 6.10 Å². The van der Waals surface area contributed by atoms with E-state index in [0.29, 0.717) is 11.4 Å². The van der Waals surface area contributed by atoms with Crippen LogP contribution < -0.4 is 9.64 Å². The third-order valence-electron chi connectivity index (χ3n) is 6.49. The molecule has 1 aliphatic carbocycles. The zero-order valence-corrected chi connectivity index (χ0v) is 20.2. The molecular formula is C27H28N2O4S. The van der Waals surface area contributed by atoms with Crippen LogP contribution in [0.5, 0.6) is 5.75 Å². The molecule has 0 N–H and O–H groups in total. The summed E-state index contributed by atoms with van der Waals surface area (Å²) in [7, 11) is 0. The van der Waals surface area contributed by atoms with E-state index in [1.54, 1.807) is 25.2 Å². The monoisotopic (exact) mass is 476 g/mol. The van der Waals surface area contributed by atoms with Gasteiger partial charge >= 0.3 is 5.97 Å². The maximum atomic E-state index is 13.1. The first kappa shape index (κ1) is 22.6. The van der Waals surface area contributed by atoms with Crippen molar-refractivity contribution in [3.63, 3.8) is 0 Å². The number of aromatic nitrogens is 1. The predicted molar refractivity (Wildman–Crippen MR) is 133 cm³/mol. The molecule has 1 aromatic heterocycles. The van der Waals surface area contributed by atoms with Crippen LogP contribution in [0.2, 0.25) is 0 Å². The average Bonchev–Trinajstić information content (AvgIpc) is 3.36. The van der Waals surface area contributed by atoms with E-state index < -0.39 is 12.1 Å². The Morgan fingerprint density at radius 1 is 1.12 bits per heavy atom. The minimum absolute atomic E-state index is 0.0607. The van der Waals surface area contributed by atoms with E-state index in [-0.39, 0.29) is 18.0 Å². The highest BCUT2D eigenvalue weighted by Crippen LogP contribution is 2.40. The molecule has 5 rings (SSSR count). The van der Waals surface area contributed by atoms with Crippen molar-refractivity contribution in [1.82, 2.24) is 4.98 Å². The molecule has 1 saturated carbocycles. The maximum Gasteiger partial charge on any atom is 0.329 e. The highest BCUT2D eigenvalue weighted by atomic mass is 32.1. The van der Waals surface area contributed by atoms with Gasteiger partial charge < -0.3 is 9.47 Å².